The Hall–Kier alpha value is 1.35. The molecule has 0 atom stereocenters. The van der Waals surface area contributed by atoms with Crippen LogP contribution in [0.3, 0.4) is 0 Å². The minimum atomic E-state index is -5.55. The molecule has 0 amide bonds. The quantitative estimate of drug-likeness (QED) is 0.157. The molecule has 0 bridgehead atoms. The van der Waals surface area contributed by atoms with Crippen molar-refractivity contribution in [3.05, 3.63) is 0 Å². The van der Waals surface area contributed by atoms with E-state index in [1.54, 1.807) is 0 Å². The minimum absolute atomic E-state index is 0. The summed E-state index contributed by atoms with van der Waals surface area (Å²) in [4.78, 5) is 28.1. The first kappa shape index (κ1) is 12.1. The van der Waals surface area contributed by atoms with Crippen LogP contribution >= 0.6 is 7.74 Å². The maximum absolute atomic E-state index is 9.37. The Balaban J connectivity index is 0. The summed E-state index contributed by atoms with van der Waals surface area (Å²) < 4.78 is 6.09. The van der Waals surface area contributed by atoms with Gasteiger partial charge in [0.25, 0.3) is 0 Å². The van der Waals surface area contributed by atoms with Gasteiger partial charge in [-0.3, -0.25) is 0 Å². The Morgan fingerprint density at radius 3 is 1.12 bits per heavy atom. The standard InChI is InChI=1S/Li.Mn.O5P/c;;1-6(2,3)4-5-6/q+1;+2;-3. The third-order valence-corrected chi connectivity index (χ3v) is 0.771. The monoisotopic (exact) mass is 173 g/mol. The summed E-state index contributed by atoms with van der Waals surface area (Å²) in [5.74, 6) is 0. The molecule has 1 fully saturated rings. The molecule has 8 heteroatoms. The van der Waals surface area contributed by atoms with E-state index >= 15 is 0 Å². The van der Waals surface area contributed by atoms with Gasteiger partial charge in [0.05, 0.1) is 0 Å². The second-order valence-electron chi connectivity index (χ2n) is 0.894. The molecule has 1 aliphatic heterocycles. The first-order valence-electron chi connectivity index (χ1n) is 1.08. The third kappa shape index (κ3) is 4.25. The van der Waals surface area contributed by atoms with Crippen molar-refractivity contribution in [2.45, 2.75) is 0 Å². The molecule has 43 valence electrons. The van der Waals surface area contributed by atoms with Crippen LogP contribution in [0.25, 0.3) is 0 Å². The Bertz CT molecular complexity index is 76.2. The van der Waals surface area contributed by atoms with Gasteiger partial charge < -0.3 is 0 Å². The first-order valence-corrected chi connectivity index (χ1v) is 2.91. The first-order chi connectivity index (χ1) is 2.47. The fraction of sp³-hybridized carbons (Fsp3) is 0. The predicted octanol–water partition coefficient (Wildman–Crippen LogP) is -5.84. The van der Waals surface area contributed by atoms with Crippen molar-refractivity contribution < 1.29 is 60.0 Å². The summed E-state index contributed by atoms with van der Waals surface area (Å²) in [6.45, 7) is 0. The van der Waals surface area contributed by atoms with E-state index < -0.39 is 7.74 Å². The van der Waals surface area contributed by atoms with E-state index in [1.165, 1.54) is 0 Å². The Kier molecular flexibility index (Phi) is 3.81. The molecule has 1 heterocycles. The van der Waals surface area contributed by atoms with E-state index in [4.69, 9.17) is 0 Å². The molecule has 0 spiro atoms. The van der Waals surface area contributed by atoms with E-state index in [-0.39, 0.29) is 35.9 Å². The fourth-order valence-corrected chi connectivity index (χ4v) is 0.367. The number of hydrogen-bond donors (Lipinski definition) is 0. The van der Waals surface area contributed by atoms with E-state index in [0.29, 0.717) is 0 Å². The molecular formula is LiMnO5P. The van der Waals surface area contributed by atoms with Crippen molar-refractivity contribution in [1.82, 2.24) is 0 Å². The predicted molar refractivity (Wildman–Crippen MR) is 9.09 cm³/mol. The van der Waals surface area contributed by atoms with Crippen LogP contribution in [0.2, 0.25) is 0 Å². The molecule has 0 saturated carbocycles. The van der Waals surface area contributed by atoms with Gasteiger partial charge in [-0.2, -0.15) is 0 Å². The van der Waals surface area contributed by atoms with Crippen molar-refractivity contribution >= 4 is 7.74 Å². The third-order valence-electron chi connectivity index (χ3n) is 0.257. The van der Waals surface area contributed by atoms with E-state index in [9.17, 15) is 14.7 Å². The van der Waals surface area contributed by atoms with Crippen molar-refractivity contribution in [2.75, 3.05) is 0 Å². The van der Waals surface area contributed by atoms with Crippen molar-refractivity contribution in [3.8, 4) is 0 Å². The van der Waals surface area contributed by atoms with Crippen LogP contribution in [-0.4, -0.2) is 0 Å². The maximum atomic E-state index is 9.37. The molecule has 1 saturated heterocycles. The van der Waals surface area contributed by atoms with Gasteiger partial charge in [-0.25, -0.2) is 0 Å². The average Bonchev–Trinajstić information content (AvgIpc) is 1.73. The molecule has 0 N–H and O–H groups in total. The van der Waals surface area contributed by atoms with Gasteiger partial charge in [-0.05, 0) is 0 Å². The summed E-state index contributed by atoms with van der Waals surface area (Å²) in [5.41, 5.74) is 0. The van der Waals surface area contributed by atoms with Crippen LogP contribution < -0.4 is 33.5 Å². The number of rotatable bonds is 0. The molecule has 8 heavy (non-hydrogen) atoms. The summed E-state index contributed by atoms with van der Waals surface area (Å²) in [5, 5.41) is 0. The van der Waals surface area contributed by atoms with Crippen molar-refractivity contribution in [3.63, 3.8) is 0 Å². The van der Waals surface area contributed by atoms with Crippen LogP contribution in [0.5, 0.6) is 0 Å². The fourth-order valence-electron chi connectivity index (χ4n) is 0.0408. The zero-order valence-electron chi connectivity index (χ0n) is 3.87. The normalized spacial score (nSPS) is 32.1. The van der Waals surface area contributed by atoms with Crippen LogP contribution in [0, 0.1) is 0 Å². The molecule has 1 radical (unpaired) electrons. The number of hydrogen-bond acceptors (Lipinski definition) is 5. The Labute approximate surface area is 67.9 Å². The molecule has 1 rings (SSSR count). The van der Waals surface area contributed by atoms with Gasteiger partial charge in [0, 0.05) is 0 Å². The van der Waals surface area contributed by atoms with Gasteiger partial charge in [0.1, 0.15) is 0 Å². The zero-order chi connectivity index (χ0) is 4.86. The van der Waals surface area contributed by atoms with E-state index in [2.05, 4.69) is 9.35 Å². The van der Waals surface area contributed by atoms with Crippen LogP contribution in [-0.2, 0) is 26.4 Å². The van der Waals surface area contributed by atoms with Gasteiger partial charge in [-0.15, -0.1) is 0 Å². The SMILES string of the molecule is [Li+].[Mn+2].[O-]P1([O-])([O-])OO1. The van der Waals surface area contributed by atoms with Crippen LogP contribution in [0.15, 0.2) is 0 Å². The molecule has 0 aliphatic carbocycles. The topological polar surface area (TPSA) is 94.2 Å². The van der Waals surface area contributed by atoms with Crippen molar-refractivity contribution in [2.24, 2.45) is 0 Å². The van der Waals surface area contributed by atoms with Crippen molar-refractivity contribution in [1.29, 1.82) is 0 Å². The summed E-state index contributed by atoms with van der Waals surface area (Å²) in [7, 11) is -5.55. The Morgan fingerprint density at radius 1 is 1.00 bits per heavy atom. The van der Waals surface area contributed by atoms with E-state index in [0.717, 1.165) is 0 Å². The van der Waals surface area contributed by atoms with Crippen LogP contribution in [0.4, 0.5) is 0 Å². The molecule has 0 aromatic heterocycles. The molecule has 0 aromatic rings. The molecular weight excluding hydrogens is 173 g/mol. The van der Waals surface area contributed by atoms with Gasteiger partial charge in [-0.1, -0.05) is 0 Å². The molecule has 0 unspecified atom stereocenters. The summed E-state index contributed by atoms with van der Waals surface area (Å²) in [6, 6.07) is 0. The second-order valence-corrected chi connectivity index (χ2v) is 2.68. The van der Waals surface area contributed by atoms with Gasteiger partial charge in [0.2, 0.25) is 0 Å². The molecule has 0 aromatic carbocycles. The van der Waals surface area contributed by atoms with Gasteiger partial charge >= 0.3 is 67.7 Å². The van der Waals surface area contributed by atoms with Crippen LogP contribution in [0.1, 0.15) is 0 Å². The van der Waals surface area contributed by atoms with Gasteiger partial charge in [0.15, 0.2) is 0 Å². The van der Waals surface area contributed by atoms with E-state index in [1.807, 2.05) is 0 Å². The summed E-state index contributed by atoms with van der Waals surface area (Å²) in [6.07, 6.45) is 0. The molecule has 5 nitrogen and oxygen atoms in total. The zero-order valence-corrected chi connectivity index (χ0v) is 5.94. The second kappa shape index (κ2) is 2.53. The average molecular weight is 173 g/mol. The summed E-state index contributed by atoms with van der Waals surface area (Å²) >= 11 is 0. The Morgan fingerprint density at radius 2 is 1.12 bits per heavy atom. The molecule has 1 aliphatic rings.